The molecule has 0 bridgehead atoms. The highest BCUT2D eigenvalue weighted by Crippen LogP contribution is 2.61. The summed E-state index contributed by atoms with van der Waals surface area (Å²) in [6, 6.07) is 60.3. The molecule has 3 heteroatoms. The second-order valence-corrected chi connectivity index (χ2v) is 13.5. The van der Waals surface area contributed by atoms with Crippen LogP contribution in [0.2, 0.25) is 0 Å². The minimum Gasteiger partial charge on any atom is -0.310 e. The van der Waals surface area contributed by atoms with E-state index in [0.29, 0.717) is 6.42 Å². The summed E-state index contributed by atoms with van der Waals surface area (Å²) in [6.45, 7) is 0. The highest BCUT2D eigenvalue weighted by molar-refractivity contribution is 5.96. The molecular formula is C49H35F2N. The van der Waals surface area contributed by atoms with Crippen LogP contribution >= 0.6 is 0 Å². The molecule has 0 saturated heterocycles. The quantitative estimate of drug-likeness (QED) is 0.163. The second kappa shape index (κ2) is 13.1. The molecule has 0 amide bonds. The van der Waals surface area contributed by atoms with Gasteiger partial charge in [0.05, 0.1) is 11.1 Å². The Balaban J connectivity index is 1.28. The van der Waals surface area contributed by atoms with Gasteiger partial charge >= 0.3 is 0 Å². The van der Waals surface area contributed by atoms with Crippen LogP contribution in [0.15, 0.2) is 200 Å². The Labute approximate surface area is 303 Å². The van der Waals surface area contributed by atoms with Gasteiger partial charge in [0.15, 0.2) is 0 Å². The molecule has 7 aromatic carbocycles. The SMILES string of the molecule is FC1=CCC(C2(c3ccc(F)cc3)c3ccccc3-c3c(N(c4ccc(-c5ccccc5)cc4)c4ccc(-c5ccccc5)cc4)cccc32)C=C1. The average molecular weight is 676 g/mol. The second-order valence-electron chi connectivity index (χ2n) is 13.5. The fourth-order valence-corrected chi connectivity index (χ4v) is 8.38. The first-order valence-electron chi connectivity index (χ1n) is 17.8. The first-order valence-corrected chi connectivity index (χ1v) is 17.8. The molecule has 2 atom stereocenters. The van der Waals surface area contributed by atoms with Gasteiger partial charge in [-0.3, -0.25) is 0 Å². The number of hydrogen-bond donors (Lipinski definition) is 0. The van der Waals surface area contributed by atoms with Crippen molar-refractivity contribution in [2.75, 3.05) is 4.90 Å². The molecule has 52 heavy (non-hydrogen) atoms. The van der Waals surface area contributed by atoms with E-state index in [1.165, 1.54) is 0 Å². The summed E-state index contributed by atoms with van der Waals surface area (Å²) in [5.74, 6) is -0.609. The van der Waals surface area contributed by atoms with Gasteiger partial charge in [-0.1, -0.05) is 140 Å². The van der Waals surface area contributed by atoms with Crippen molar-refractivity contribution in [2.45, 2.75) is 11.8 Å². The number of halogens is 2. The van der Waals surface area contributed by atoms with Crippen molar-refractivity contribution in [3.8, 4) is 33.4 Å². The Hall–Kier alpha value is -6.32. The van der Waals surface area contributed by atoms with E-state index in [9.17, 15) is 8.78 Å². The third-order valence-electron chi connectivity index (χ3n) is 10.7. The molecule has 0 heterocycles. The first kappa shape index (κ1) is 31.6. The molecule has 0 aliphatic heterocycles. The van der Waals surface area contributed by atoms with Gasteiger partial charge in [0.25, 0.3) is 0 Å². The van der Waals surface area contributed by atoms with Gasteiger partial charge in [-0.05, 0) is 111 Å². The molecule has 0 spiro atoms. The van der Waals surface area contributed by atoms with Crippen LogP contribution in [0.1, 0.15) is 23.1 Å². The van der Waals surface area contributed by atoms with E-state index in [1.807, 2.05) is 30.3 Å². The Kier molecular flexibility index (Phi) is 7.97. The zero-order valence-corrected chi connectivity index (χ0v) is 28.5. The lowest BCUT2D eigenvalue weighted by atomic mass is 9.62. The van der Waals surface area contributed by atoms with Crippen LogP contribution in [0.5, 0.6) is 0 Å². The van der Waals surface area contributed by atoms with Crippen LogP contribution < -0.4 is 4.90 Å². The molecule has 2 aliphatic rings. The van der Waals surface area contributed by atoms with Crippen LogP contribution in [0.25, 0.3) is 33.4 Å². The highest BCUT2D eigenvalue weighted by Gasteiger charge is 2.50. The molecule has 2 aliphatic carbocycles. The van der Waals surface area contributed by atoms with Crippen molar-refractivity contribution in [1.82, 2.24) is 0 Å². The number of nitrogens with zero attached hydrogens (tertiary/aromatic N) is 1. The lowest BCUT2D eigenvalue weighted by molar-refractivity contribution is 0.448. The van der Waals surface area contributed by atoms with Gasteiger partial charge < -0.3 is 4.90 Å². The van der Waals surface area contributed by atoms with Crippen molar-refractivity contribution < 1.29 is 8.78 Å². The van der Waals surface area contributed by atoms with E-state index in [1.54, 1.807) is 24.3 Å². The van der Waals surface area contributed by atoms with Gasteiger partial charge in [-0.25, -0.2) is 8.78 Å². The molecule has 0 fully saturated rings. The van der Waals surface area contributed by atoms with Gasteiger partial charge in [0.1, 0.15) is 11.6 Å². The van der Waals surface area contributed by atoms with Gasteiger partial charge in [0, 0.05) is 16.9 Å². The fraction of sp³-hybridized carbons (Fsp3) is 0.0612. The number of allylic oxidation sites excluding steroid dienone is 4. The predicted octanol–water partition coefficient (Wildman–Crippen LogP) is 13.4. The van der Waals surface area contributed by atoms with E-state index in [2.05, 4.69) is 144 Å². The number of hydrogen-bond acceptors (Lipinski definition) is 1. The number of benzene rings is 7. The average Bonchev–Trinajstić information content (AvgIpc) is 3.51. The molecule has 2 unspecified atom stereocenters. The zero-order chi connectivity index (χ0) is 35.1. The topological polar surface area (TPSA) is 3.24 Å². The van der Waals surface area contributed by atoms with Crippen molar-refractivity contribution in [3.63, 3.8) is 0 Å². The largest absolute Gasteiger partial charge is 0.310 e. The third-order valence-corrected chi connectivity index (χ3v) is 10.7. The fourth-order valence-electron chi connectivity index (χ4n) is 8.38. The monoisotopic (exact) mass is 675 g/mol. The normalized spacial score (nSPS) is 17.3. The minimum atomic E-state index is -0.677. The molecular weight excluding hydrogens is 641 g/mol. The predicted molar refractivity (Wildman–Crippen MR) is 210 cm³/mol. The van der Waals surface area contributed by atoms with E-state index in [4.69, 9.17) is 0 Å². The summed E-state index contributed by atoms with van der Waals surface area (Å²) in [6.07, 6.45) is 5.77. The molecule has 0 aromatic heterocycles. The minimum absolute atomic E-state index is 0.0983. The molecule has 0 saturated carbocycles. The molecule has 250 valence electrons. The van der Waals surface area contributed by atoms with E-state index < -0.39 is 5.41 Å². The van der Waals surface area contributed by atoms with Crippen LogP contribution in [0.3, 0.4) is 0 Å². The molecule has 0 radical (unpaired) electrons. The molecule has 7 aromatic rings. The number of fused-ring (bicyclic) bond motifs is 3. The smallest absolute Gasteiger partial charge is 0.123 e. The van der Waals surface area contributed by atoms with Crippen molar-refractivity contribution in [2.24, 2.45) is 5.92 Å². The van der Waals surface area contributed by atoms with E-state index in [-0.39, 0.29) is 17.6 Å². The summed E-state index contributed by atoms with van der Waals surface area (Å²) >= 11 is 0. The van der Waals surface area contributed by atoms with Crippen LogP contribution in [0.4, 0.5) is 25.8 Å². The Morgan fingerprint density at radius 2 is 1.04 bits per heavy atom. The van der Waals surface area contributed by atoms with Crippen LogP contribution in [-0.4, -0.2) is 0 Å². The van der Waals surface area contributed by atoms with Crippen molar-refractivity contribution in [3.05, 3.63) is 222 Å². The third kappa shape index (κ3) is 5.29. The first-order chi connectivity index (χ1) is 25.6. The molecule has 9 rings (SSSR count). The van der Waals surface area contributed by atoms with Gasteiger partial charge in [-0.2, -0.15) is 0 Å². The maximum atomic E-state index is 14.6. The van der Waals surface area contributed by atoms with Crippen LogP contribution in [-0.2, 0) is 5.41 Å². The highest BCUT2D eigenvalue weighted by atomic mass is 19.1. The number of rotatable bonds is 7. The number of anilines is 3. The Morgan fingerprint density at radius 1 is 0.500 bits per heavy atom. The van der Waals surface area contributed by atoms with Crippen molar-refractivity contribution >= 4 is 17.1 Å². The molecule has 0 N–H and O–H groups in total. The van der Waals surface area contributed by atoms with Gasteiger partial charge in [-0.15, -0.1) is 0 Å². The van der Waals surface area contributed by atoms with E-state index >= 15 is 0 Å². The maximum Gasteiger partial charge on any atom is 0.123 e. The van der Waals surface area contributed by atoms with Gasteiger partial charge in [0.2, 0.25) is 0 Å². The lowest BCUT2D eigenvalue weighted by Gasteiger charge is -2.40. The van der Waals surface area contributed by atoms with E-state index in [0.717, 1.165) is 67.1 Å². The maximum absolute atomic E-state index is 14.6. The summed E-state index contributed by atoms with van der Waals surface area (Å²) in [7, 11) is 0. The standard InChI is InChI=1S/C49H35F2N/c50-40-26-22-38(23-27-40)49(39-24-28-41(51)29-25-39)45-15-8-7-14-44(45)48-46(49)16-9-17-47(48)52(42-30-18-36(19-31-42)34-10-3-1-4-11-34)43-32-20-37(21-33-43)35-12-5-2-6-13-35/h1-24,26-33,39H,25H2. The lowest BCUT2D eigenvalue weighted by Crippen LogP contribution is -2.35. The summed E-state index contributed by atoms with van der Waals surface area (Å²) in [4.78, 5) is 2.34. The zero-order valence-electron chi connectivity index (χ0n) is 28.5. The molecule has 1 nitrogen and oxygen atoms in total. The summed E-state index contributed by atoms with van der Waals surface area (Å²) < 4.78 is 29.1. The summed E-state index contributed by atoms with van der Waals surface area (Å²) in [5.41, 5.74) is 12.5. The Bertz CT molecular complexity index is 2350. The Morgan fingerprint density at radius 3 is 1.62 bits per heavy atom. The van der Waals surface area contributed by atoms with Crippen LogP contribution in [0, 0.1) is 11.7 Å². The summed E-state index contributed by atoms with van der Waals surface area (Å²) in [5, 5.41) is 0. The van der Waals surface area contributed by atoms with Crippen molar-refractivity contribution in [1.29, 1.82) is 0 Å².